The second-order valence-electron chi connectivity index (χ2n) is 11.9. The van der Waals surface area contributed by atoms with Crippen LogP contribution in [0.2, 0.25) is 18.1 Å². The van der Waals surface area contributed by atoms with Gasteiger partial charge < -0.3 is 52.4 Å². The molecule has 0 bridgehead atoms. The SMILES string of the molecule is CC(C)(C)OC(=O)NCCOCCOCCOCCOCCOCCOCCOCCOCCO[Si](C)(C)C(C)(C)C. The van der Waals surface area contributed by atoms with Crippen molar-refractivity contribution in [1.29, 1.82) is 0 Å². The fraction of sp³-hybridized carbons (Fsp3) is 0.966. The van der Waals surface area contributed by atoms with E-state index in [2.05, 4.69) is 39.2 Å². The van der Waals surface area contributed by atoms with Gasteiger partial charge in [-0.05, 0) is 38.9 Å². The van der Waals surface area contributed by atoms with E-state index in [4.69, 9.17) is 47.1 Å². The van der Waals surface area contributed by atoms with E-state index in [0.29, 0.717) is 119 Å². The van der Waals surface area contributed by atoms with Gasteiger partial charge in [-0.2, -0.15) is 0 Å². The standard InChI is InChI=1S/C29H61NO11Si/c1-28(2,3)41-27(31)30-9-10-32-11-12-33-13-14-34-15-16-35-17-18-36-19-20-37-21-22-38-23-24-39-25-26-40-42(7,8)29(4,5)6/h9-26H2,1-8H3,(H,30,31). The van der Waals surface area contributed by atoms with Gasteiger partial charge in [-0.15, -0.1) is 0 Å². The molecule has 0 aromatic rings. The van der Waals surface area contributed by atoms with E-state index >= 15 is 0 Å². The van der Waals surface area contributed by atoms with Crippen molar-refractivity contribution in [2.24, 2.45) is 0 Å². The van der Waals surface area contributed by atoms with Gasteiger partial charge in [-0.3, -0.25) is 0 Å². The molecular formula is C29H61NO11Si. The third-order valence-corrected chi connectivity index (χ3v) is 10.6. The van der Waals surface area contributed by atoms with Gasteiger partial charge in [0.15, 0.2) is 8.32 Å². The molecule has 0 saturated carbocycles. The number of hydrogen-bond donors (Lipinski definition) is 1. The van der Waals surface area contributed by atoms with Crippen LogP contribution in [-0.2, 0) is 47.1 Å². The Labute approximate surface area is 255 Å². The van der Waals surface area contributed by atoms with Crippen LogP contribution in [-0.4, -0.2) is 139 Å². The Balaban J connectivity index is 3.19. The monoisotopic (exact) mass is 627 g/mol. The number of nitrogens with one attached hydrogen (secondary N) is 1. The number of carbonyl (C=O) groups excluding carboxylic acids is 1. The van der Waals surface area contributed by atoms with E-state index < -0.39 is 20.0 Å². The van der Waals surface area contributed by atoms with Crippen molar-refractivity contribution >= 4 is 14.4 Å². The van der Waals surface area contributed by atoms with E-state index in [1.54, 1.807) is 0 Å². The van der Waals surface area contributed by atoms with Crippen LogP contribution in [0.5, 0.6) is 0 Å². The summed E-state index contributed by atoms with van der Waals surface area (Å²) in [5.41, 5.74) is -0.507. The fourth-order valence-electron chi connectivity index (χ4n) is 2.75. The van der Waals surface area contributed by atoms with Crippen LogP contribution in [0.3, 0.4) is 0 Å². The lowest BCUT2D eigenvalue weighted by Gasteiger charge is -2.36. The molecule has 0 saturated heterocycles. The maximum Gasteiger partial charge on any atom is 0.407 e. The molecular weight excluding hydrogens is 566 g/mol. The van der Waals surface area contributed by atoms with Gasteiger partial charge >= 0.3 is 6.09 Å². The molecule has 12 nitrogen and oxygen atoms in total. The predicted octanol–water partition coefficient (Wildman–Crippen LogP) is 3.67. The quantitative estimate of drug-likeness (QED) is 0.101. The van der Waals surface area contributed by atoms with E-state index in [9.17, 15) is 4.79 Å². The Morgan fingerprint density at radius 1 is 0.500 bits per heavy atom. The zero-order valence-electron chi connectivity index (χ0n) is 27.7. The van der Waals surface area contributed by atoms with Crippen molar-refractivity contribution < 1.29 is 51.9 Å². The average molecular weight is 628 g/mol. The normalized spacial score (nSPS) is 12.6. The Bertz CT molecular complexity index is 628. The average Bonchev–Trinajstić information content (AvgIpc) is 2.88. The molecule has 1 N–H and O–H groups in total. The van der Waals surface area contributed by atoms with Crippen LogP contribution in [0.15, 0.2) is 0 Å². The van der Waals surface area contributed by atoms with Crippen molar-refractivity contribution in [3.63, 3.8) is 0 Å². The first-order valence-corrected chi connectivity index (χ1v) is 18.0. The Morgan fingerprint density at radius 3 is 1.07 bits per heavy atom. The Kier molecular flexibility index (Phi) is 24.9. The van der Waals surface area contributed by atoms with Gasteiger partial charge in [0.05, 0.1) is 112 Å². The number of ether oxygens (including phenoxy) is 9. The summed E-state index contributed by atoms with van der Waals surface area (Å²) < 4.78 is 55.0. The summed E-state index contributed by atoms with van der Waals surface area (Å²) in [4.78, 5) is 11.5. The summed E-state index contributed by atoms with van der Waals surface area (Å²) in [5.74, 6) is 0. The summed E-state index contributed by atoms with van der Waals surface area (Å²) in [6.07, 6.45) is -0.449. The fourth-order valence-corrected chi connectivity index (χ4v) is 3.78. The second kappa shape index (κ2) is 25.5. The minimum Gasteiger partial charge on any atom is -0.444 e. The molecule has 0 fully saturated rings. The largest absolute Gasteiger partial charge is 0.444 e. The summed E-state index contributed by atoms with van der Waals surface area (Å²) in [7, 11) is -1.70. The number of rotatable bonds is 28. The number of hydrogen-bond acceptors (Lipinski definition) is 11. The van der Waals surface area contributed by atoms with Crippen molar-refractivity contribution in [3.05, 3.63) is 0 Å². The highest BCUT2D eigenvalue weighted by Gasteiger charge is 2.36. The van der Waals surface area contributed by atoms with Gasteiger partial charge in [0, 0.05) is 6.54 Å². The van der Waals surface area contributed by atoms with Crippen molar-refractivity contribution in [3.8, 4) is 0 Å². The first kappa shape index (κ1) is 41.1. The molecule has 0 aromatic carbocycles. The van der Waals surface area contributed by atoms with Gasteiger partial charge in [-0.1, -0.05) is 20.8 Å². The van der Waals surface area contributed by atoms with E-state index in [0.717, 1.165) is 0 Å². The first-order valence-electron chi connectivity index (χ1n) is 15.1. The molecule has 1 amide bonds. The highest BCUT2D eigenvalue weighted by atomic mass is 28.4. The van der Waals surface area contributed by atoms with Gasteiger partial charge in [-0.25, -0.2) is 4.79 Å². The number of alkyl carbamates (subject to hydrolysis) is 1. The molecule has 0 radical (unpaired) electrons. The molecule has 0 spiro atoms. The number of amides is 1. The van der Waals surface area contributed by atoms with Crippen LogP contribution < -0.4 is 5.32 Å². The molecule has 0 rings (SSSR count). The van der Waals surface area contributed by atoms with Gasteiger partial charge in [0.2, 0.25) is 0 Å². The molecule has 0 heterocycles. The summed E-state index contributed by atoms with van der Waals surface area (Å²) in [5, 5.41) is 2.85. The summed E-state index contributed by atoms with van der Waals surface area (Å²) >= 11 is 0. The van der Waals surface area contributed by atoms with Crippen molar-refractivity contribution in [2.75, 3.05) is 119 Å². The maximum atomic E-state index is 11.5. The van der Waals surface area contributed by atoms with E-state index in [1.807, 2.05) is 20.8 Å². The molecule has 0 atom stereocenters. The minimum atomic E-state index is -1.70. The van der Waals surface area contributed by atoms with Crippen molar-refractivity contribution in [2.45, 2.75) is 65.3 Å². The van der Waals surface area contributed by atoms with E-state index in [-0.39, 0.29) is 5.04 Å². The molecule has 252 valence electrons. The van der Waals surface area contributed by atoms with Crippen LogP contribution in [0.25, 0.3) is 0 Å². The van der Waals surface area contributed by atoms with Gasteiger partial charge in [0.1, 0.15) is 5.60 Å². The third kappa shape index (κ3) is 27.9. The number of carbonyl (C=O) groups is 1. The van der Waals surface area contributed by atoms with Crippen molar-refractivity contribution in [1.82, 2.24) is 5.32 Å². The Morgan fingerprint density at radius 2 is 0.786 bits per heavy atom. The zero-order valence-corrected chi connectivity index (χ0v) is 28.7. The van der Waals surface area contributed by atoms with Crippen LogP contribution in [0.1, 0.15) is 41.5 Å². The van der Waals surface area contributed by atoms with Crippen LogP contribution in [0, 0.1) is 0 Å². The molecule has 0 aliphatic carbocycles. The third-order valence-electron chi connectivity index (χ3n) is 6.02. The minimum absolute atomic E-state index is 0.216. The van der Waals surface area contributed by atoms with E-state index in [1.165, 1.54) is 0 Å². The zero-order chi connectivity index (χ0) is 31.6. The predicted molar refractivity (Wildman–Crippen MR) is 164 cm³/mol. The smallest absolute Gasteiger partial charge is 0.407 e. The van der Waals surface area contributed by atoms with Crippen LogP contribution >= 0.6 is 0 Å². The topological polar surface area (TPSA) is 121 Å². The summed E-state index contributed by atoms with van der Waals surface area (Å²) in [6, 6.07) is 0. The highest BCUT2D eigenvalue weighted by Crippen LogP contribution is 2.36. The van der Waals surface area contributed by atoms with Gasteiger partial charge in [0.25, 0.3) is 0 Å². The Hall–Kier alpha value is -0.873. The lowest BCUT2D eigenvalue weighted by atomic mass is 10.2. The maximum absolute atomic E-state index is 11.5. The molecule has 0 aliphatic rings. The lowest BCUT2D eigenvalue weighted by Crippen LogP contribution is -2.41. The second-order valence-corrected chi connectivity index (χ2v) is 16.7. The highest BCUT2D eigenvalue weighted by molar-refractivity contribution is 6.74. The molecule has 0 aromatic heterocycles. The molecule has 0 aliphatic heterocycles. The van der Waals surface area contributed by atoms with Crippen LogP contribution in [0.4, 0.5) is 4.79 Å². The molecule has 42 heavy (non-hydrogen) atoms. The lowest BCUT2D eigenvalue weighted by molar-refractivity contribution is -0.0236. The molecule has 13 heteroatoms. The first-order chi connectivity index (χ1) is 19.9. The summed E-state index contributed by atoms with van der Waals surface area (Å²) in [6.45, 7) is 25.7. The molecule has 0 unspecified atom stereocenters.